The van der Waals surface area contributed by atoms with E-state index in [2.05, 4.69) is 5.32 Å². The molecule has 0 aliphatic rings. The number of hydrogen-bond donors (Lipinski definition) is 3. The zero-order valence-corrected chi connectivity index (χ0v) is 9.66. The Kier molecular flexibility index (Phi) is 5.75. The third kappa shape index (κ3) is 8.00. The number of nitrogens with zero attached hydrogens (tertiary/aromatic N) is 1. The number of urea groups is 1. The van der Waals surface area contributed by atoms with Crippen molar-refractivity contribution in [3.8, 4) is 0 Å². The van der Waals surface area contributed by atoms with Crippen LogP contribution in [0.3, 0.4) is 0 Å². The van der Waals surface area contributed by atoms with E-state index in [1.54, 1.807) is 0 Å². The Hall–Kier alpha value is -1.35. The number of primary sulfonamides is 1. The van der Waals surface area contributed by atoms with E-state index in [0.29, 0.717) is 0 Å². The van der Waals surface area contributed by atoms with Crippen molar-refractivity contribution >= 4 is 22.0 Å². The van der Waals surface area contributed by atoms with Crippen LogP contribution in [0.4, 0.5) is 4.79 Å². The number of amides is 2. The minimum Gasteiger partial charge on any atom is -0.480 e. The highest BCUT2D eigenvalue weighted by Crippen LogP contribution is 1.87. The summed E-state index contributed by atoms with van der Waals surface area (Å²) in [6, 6.07) is -0.572. The summed E-state index contributed by atoms with van der Waals surface area (Å²) in [5.74, 6) is -1.35. The average molecular weight is 253 g/mol. The first-order valence-electron chi connectivity index (χ1n) is 4.43. The lowest BCUT2D eigenvalue weighted by molar-refractivity contribution is -0.137. The molecule has 8 nitrogen and oxygen atoms in total. The van der Waals surface area contributed by atoms with E-state index in [-0.39, 0.29) is 18.7 Å². The molecule has 0 saturated heterocycles. The summed E-state index contributed by atoms with van der Waals surface area (Å²) < 4.78 is 21.1. The molecule has 0 aliphatic heterocycles. The van der Waals surface area contributed by atoms with Gasteiger partial charge in [0.1, 0.15) is 6.54 Å². The van der Waals surface area contributed by atoms with Crippen molar-refractivity contribution in [3.05, 3.63) is 0 Å². The van der Waals surface area contributed by atoms with E-state index >= 15 is 0 Å². The number of carboxylic acids is 1. The number of rotatable bonds is 6. The van der Waals surface area contributed by atoms with Crippen molar-refractivity contribution in [2.45, 2.75) is 6.42 Å². The van der Waals surface area contributed by atoms with E-state index in [0.717, 1.165) is 4.90 Å². The molecule has 0 heterocycles. The predicted octanol–water partition coefficient (Wildman–Crippen LogP) is -1.61. The highest BCUT2D eigenvalue weighted by Gasteiger charge is 2.11. The number of hydrogen-bond acceptors (Lipinski definition) is 4. The highest BCUT2D eigenvalue weighted by molar-refractivity contribution is 7.89. The van der Waals surface area contributed by atoms with Crippen molar-refractivity contribution < 1.29 is 23.1 Å². The van der Waals surface area contributed by atoms with Gasteiger partial charge in [0.05, 0.1) is 5.75 Å². The molecule has 0 unspecified atom stereocenters. The van der Waals surface area contributed by atoms with Crippen molar-refractivity contribution in [3.63, 3.8) is 0 Å². The molecule has 0 rings (SSSR count). The Balaban J connectivity index is 3.77. The Morgan fingerprint density at radius 2 is 2.00 bits per heavy atom. The zero-order valence-electron chi connectivity index (χ0n) is 8.84. The van der Waals surface area contributed by atoms with Crippen LogP contribution in [0.15, 0.2) is 0 Å². The van der Waals surface area contributed by atoms with Gasteiger partial charge in [-0.25, -0.2) is 18.4 Å². The maximum atomic E-state index is 11.2. The summed E-state index contributed by atoms with van der Waals surface area (Å²) in [4.78, 5) is 22.4. The van der Waals surface area contributed by atoms with Crippen LogP contribution in [-0.4, -0.2) is 56.3 Å². The lowest BCUT2D eigenvalue weighted by atomic mass is 10.5. The summed E-state index contributed by atoms with van der Waals surface area (Å²) >= 11 is 0. The quantitative estimate of drug-likeness (QED) is 0.490. The lowest BCUT2D eigenvalue weighted by Gasteiger charge is -2.15. The molecule has 0 aromatic rings. The van der Waals surface area contributed by atoms with Crippen LogP contribution >= 0.6 is 0 Å². The van der Waals surface area contributed by atoms with Gasteiger partial charge in [-0.3, -0.25) is 4.79 Å². The number of nitrogens with two attached hydrogens (primary N) is 1. The van der Waals surface area contributed by atoms with Crippen LogP contribution in [0.25, 0.3) is 0 Å². The molecule has 0 aromatic carbocycles. The van der Waals surface area contributed by atoms with Gasteiger partial charge in [0.2, 0.25) is 10.0 Å². The summed E-state index contributed by atoms with van der Waals surface area (Å²) in [5, 5.41) is 15.5. The van der Waals surface area contributed by atoms with E-state index in [9.17, 15) is 18.0 Å². The Labute approximate surface area is 93.5 Å². The molecule has 16 heavy (non-hydrogen) atoms. The summed E-state index contributed by atoms with van der Waals surface area (Å²) in [6.07, 6.45) is 0.186. The lowest BCUT2D eigenvalue weighted by Crippen LogP contribution is -2.40. The Morgan fingerprint density at radius 3 is 2.44 bits per heavy atom. The number of nitrogens with one attached hydrogen (secondary N) is 1. The van der Waals surface area contributed by atoms with Gasteiger partial charge in [0.15, 0.2) is 0 Å². The standard InChI is InChI=1S/C7H15N3O5S/c1-10(5-6(11)12)7(13)9-3-2-4-16(8,14)15/h2-5H2,1H3,(H,9,13)(H,11,12)(H2,8,14,15). The van der Waals surface area contributed by atoms with Crippen LogP contribution in [0.2, 0.25) is 0 Å². The molecule has 9 heteroatoms. The second-order valence-corrected chi connectivity index (χ2v) is 4.94. The molecule has 4 N–H and O–H groups in total. The van der Waals surface area contributed by atoms with Crippen molar-refractivity contribution in [2.24, 2.45) is 5.14 Å². The third-order valence-electron chi connectivity index (χ3n) is 1.60. The molecule has 0 atom stereocenters. The largest absolute Gasteiger partial charge is 0.480 e. The second-order valence-electron chi connectivity index (χ2n) is 3.20. The molecular formula is C7H15N3O5S. The van der Waals surface area contributed by atoms with Crippen LogP contribution in [-0.2, 0) is 14.8 Å². The molecule has 0 fully saturated rings. The van der Waals surface area contributed by atoms with Gasteiger partial charge < -0.3 is 15.3 Å². The first-order chi connectivity index (χ1) is 7.22. The first-order valence-corrected chi connectivity index (χ1v) is 6.15. The molecule has 0 radical (unpaired) electrons. The fourth-order valence-electron chi connectivity index (χ4n) is 0.878. The normalized spacial score (nSPS) is 10.9. The van der Waals surface area contributed by atoms with Crippen LogP contribution < -0.4 is 10.5 Å². The number of likely N-dealkylation sites (N-methyl/N-ethyl adjacent to an activating group) is 1. The van der Waals surface area contributed by atoms with Gasteiger partial charge in [-0.1, -0.05) is 0 Å². The minimum absolute atomic E-state index is 0.124. The molecule has 94 valence electrons. The summed E-state index contributed by atoms with van der Waals surface area (Å²) in [6.45, 7) is -0.291. The number of carbonyl (C=O) groups excluding carboxylic acids is 1. The SMILES string of the molecule is CN(CC(=O)O)C(=O)NCCCS(N)(=O)=O. The van der Waals surface area contributed by atoms with Crippen LogP contribution in [0, 0.1) is 0 Å². The smallest absolute Gasteiger partial charge is 0.323 e. The molecule has 0 aliphatic carbocycles. The molecule has 0 bridgehead atoms. The van der Waals surface area contributed by atoms with Crippen LogP contribution in [0.5, 0.6) is 0 Å². The molecule has 0 saturated carbocycles. The van der Waals surface area contributed by atoms with Gasteiger partial charge in [0, 0.05) is 13.6 Å². The fraction of sp³-hybridized carbons (Fsp3) is 0.714. The second kappa shape index (κ2) is 6.28. The van der Waals surface area contributed by atoms with Gasteiger partial charge in [-0.05, 0) is 6.42 Å². The molecule has 0 spiro atoms. The Bertz CT molecular complexity index is 353. The topological polar surface area (TPSA) is 130 Å². The third-order valence-corrected chi connectivity index (χ3v) is 2.46. The van der Waals surface area contributed by atoms with Gasteiger partial charge in [-0.15, -0.1) is 0 Å². The van der Waals surface area contributed by atoms with E-state index in [1.165, 1.54) is 7.05 Å². The molecule has 2 amide bonds. The van der Waals surface area contributed by atoms with Gasteiger partial charge in [-0.2, -0.15) is 0 Å². The van der Waals surface area contributed by atoms with Crippen LogP contribution in [0.1, 0.15) is 6.42 Å². The summed E-state index contributed by atoms with van der Waals surface area (Å²) in [7, 11) is -2.20. The maximum Gasteiger partial charge on any atom is 0.323 e. The monoisotopic (exact) mass is 253 g/mol. The average Bonchev–Trinajstić information content (AvgIpc) is 2.09. The number of aliphatic carboxylic acids is 1. The number of carboxylic acid groups (broad SMARTS) is 1. The van der Waals surface area contributed by atoms with Crippen molar-refractivity contribution in [1.82, 2.24) is 10.2 Å². The highest BCUT2D eigenvalue weighted by atomic mass is 32.2. The first kappa shape index (κ1) is 14.6. The Morgan fingerprint density at radius 1 is 1.44 bits per heavy atom. The number of sulfonamides is 1. The minimum atomic E-state index is -3.52. The molecular weight excluding hydrogens is 238 g/mol. The van der Waals surface area contributed by atoms with E-state index in [1.807, 2.05) is 0 Å². The fourth-order valence-corrected chi connectivity index (χ4v) is 1.43. The van der Waals surface area contributed by atoms with E-state index in [4.69, 9.17) is 10.2 Å². The predicted molar refractivity (Wildman–Crippen MR) is 56.3 cm³/mol. The van der Waals surface area contributed by atoms with Gasteiger partial charge >= 0.3 is 12.0 Å². The maximum absolute atomic E-state index is 11.2. The number of carbonyl (C=O) groups is 2. The summed E-state index contributed by atoms with van der Waals surface area (Å²) in [5.41, 5.74) is 0. The van der Waals surface area contributed by atoms with Crippen molar-refractivity contribution in [1.29, 1.82) is 0 Å². The van der Waals surface area contributed by atoms with Crippen molar-refractivity contribution in [2.75, 3.05) is 25.9 Å². The molecule has 0 aromatic heterocycles. The van der Waals surface area contributed by atoms with Gasteiger partial charge in [0.25, 0.3) is 0 Å². The zero-order chi connectivity index (χ0) is 12.8. The van der Waals surface area contributed by atoms with E-state index < -0.39 is 28.6 Å².